The largest absolute Gasteiger partial charge is 0.469 e. The molecule has 0 aliphatic rings. The quantitative estimate of drug-likeness (QED) is 0.833. The summed E-state index contributed by atoms with van der Waals surface area (Å²) in [6.07, 6.45) is -4.57. The molecule has 94 valence electrons. The number of alkyl halides is 3. The van der Waals surface area contributed by atoms with Gasteiger partial charge in [0.2, 0.25) is 0 Å². The Bertz CT molecular complexity index is 404. The molecular formula is C11H12F3NO2. The number of carbonyl (C=O) groups excluding carboxylic acids is 1. The van der Waals surface area contributed by atoms with Crippen molar-refractivity contribution in [2.45, 2.75) is 18.6 Å². The monoisotopic (exact) mass is 247 g/mol. The van der Waals surface area contributed by atoms with Crippen molar-refractivity contribution < 1.29 is 22.7 Å². The van der Waals surface area contributed by atoms with Crippen molar-refractivity contribution >= 4 is 5.97 Å². The van der Waals surface area contributed by atoms with Crippen LogP contribution in [0.15, 0.2) is 24.3 Å². The predicted molar refractivity (Wildman–Crippen MR) is 55.0 cm³/mol. The van der Waals surface area contributed by atoms with Crippen LogP contribution in [0.1, 0.15) is 23.6 Å². The number of hydrogen-bond acceptors (Lipinski definition) is 3. The second-order valence-corrected chi connectivity index (χ2v) is 3.51. The molecule has 0 radical (unpaired) electrons. The van der Waals surface area contributed by atoms with Crippen LogP contribution in [0.5, 0.6) is 0 Å². The van der Waals surface area contributed by atoms with Crippen molar-refractivity contribution in [3.63, 3.8) is 0 Å². The van der Waals surface area contributed by atoms with E-state index in [2.05, 4.69) is 4.74 Å². The first-order valence-corrected chi connectivity index (χ1v) is 4.84. The number of nitrogens with two attached hydrogens (primary N) is 1. The molecule has 0 aliphatic heterocycles. The number of benzene rings is 1. The molecule has 1 atom stereocenters. The third-order valence-electron chi connectivity index (χ3n) is 2.26. The smallest absolute Gasteiger partial charge is 0.416 e. The summed E-state index contributed by atoms with van der Waals surface area (Å²) in [5.41, 5.74) is 5.09. The van der Waals surface area contributed by atoms with E-state index in [1.165, 1.54) is 19.2 Å². The molecule has 6 heteroatoms. The van der Waals surface area contributed by atoms with Gasteiger partial charge in [-0.3, -0.25) is 4.79 Å². The highest BCUT2D eigenvalue weighted by atomic mass is 19.4. The number of esters is 1. The fraction of sp³-hybridized carbons (Fsp3) is 0.364. The maximum absolute atomic E-state index is 12.4. The van der Waals surface area contributed by atoms with E-state index in [0.717, 1.165) is 12.1 Å². The van der Waals surface area contributed by atoms with Gasteiger partial charge >= 0.3 is 12.1 Å². The minimum Gasteiger partial charge on any atom is -0.469 e. The Morgan fingerprint density at radius 1 is 1.47 bits per heavy atom. The summed E-state index contributed by atoms with van der Waals surface area (Å²) in [6, 6.07) is 3.80. The molecule has 3 nitrogen and oxygen atoms in total. The number of ether oxygens (including phenoxy) is 1. The molecule has 0 saturated heterocycles. The number of methoxy groups -OCH3 is 1. The lowest BCUT2D eigenvalue weighted by Gasteiger charge is -2.13. The van der Waals surface area contributed by atoms with Gasteiger partial charge < -0.3 is 10.5 Å². The third kappa shape index (κ3) is 3.74. The second-order valence-electron chi connectivity index (χ2n) is 3.51. The zero-order valence-corrected chi connectivity index (χ0v) is 9.12. The molecule has 1 aromatic rings. The van der Waals surface area contributed by atoms with E-state index in [-0.39, 0.29) is 12.0 Å². The van der Waals surface area contributed by atoms with Crippen LogP contribution in [-0.4, -0.2) is 13.1 Å². The van der Waals surface area contributed by atoms with Crippen molar-refractivity contribution in [1.82, 2.24) is 0 Å². The zero-order chi connectivity index (χ0) is 13.1. The third-order valence-corrected chi connectivity index (χ3v) is 2.26. The van der Waals surface area contributed by atoms with E-state index in [4.69, 9.17) is 5.73 Å². The number of hydrogen-bond donors (Lipinski definition) is 1. The van der Waals surface area contributed by atoms with Crippen molar-refractivity contribution in [2.75, 3.05) is 7.11 Å². The molecule has 0 aliphatic carbocycles. The Labute approximate surface area is 96.4 Å². The average molecular weight is 247 g/mol. The van der Waals surface area contributed by atoms with Crippen LogP contribution in [0.25, 0.3) is 0 Å². The number of halogens is 3. The van der Waals surface area contributed by atoms with Crippen LogP contribution in [0, 0.1) is 0 Å². The van der Waals surface area contributed by atoms with Gasteiger partial charge in [0, 0.05) is 6.04 Å². The van der Waals surface area contributed by atoms with Gasteiger partial charge in [0.05, 0.1) is 19.1 Å². The normalized spacial score (nSPS) is 13.2. The molecule has 0 saturated carbocycles. The maximum atomic E-state index is 12.4. The van der Waals surface area contributed by atoms with Gasteiger partial charge in [-0.1, -0.05) is 12.1 Å². The van der Waals surface area contributed by atoms with Crippen molar-refractivity contribution in [3.8, 4) is 0 Å². The highest BCUT2D eigenvalue weighted by Crippen LogP contribution is 2.30. The van der Waals surface area contributed by atoms with Gasteiger partial charge in [-0.15, -0.1) is 0 Å². The maximum Gasteiger partial charge on any atom is 0.416 e. The second kappa shape index (κ2) is 5.18. The first-order chi connectivity index (χ1) is 7.84. The topological polar surface area (TPSA) is 52.3 Å². The highest BCUT2D eigenvalue weighted by Gasteiger charge is 2.30. The van der Waals surface area contributed by atoms with Gasteiger partial charge in [-0.2, -0.15) is 13.2 Å². The number of rotatable bonds is 3. The summed E-state index contributed by atoms with van der Waals surface area (Å²) < 4.78 is 41.7. The van der Waals surface area contributed by atoms with E-state index < -0.39 is 23.8 Å². The Morgan fingerprint density at radius 2 is 2.12 bits per heavy atom. The van der Waals surface area contributed by atoms with E-state index >= 15 is 0 Å². The Balaban J connectivity index is 2.88. The Morgan fingerprint density at radius 3 is 2.65 bits per heavy atom. The van der Waals surface area contributed by atoms with E-state index in [9.17, 15) is 18.0 Å². The molecule has 0 bridgehead atoms. The minimum absolute atomic E-state index is 0.155. The fourth-order valence-corrected chi connectivity index (χ4v) is 1.33. The molecule has 17 heavy (non-hydrogen) atoms. The molecule has 0 aromatic heterocycles. The summed E-state index contributed by atoms with van der Waals surface area (Å²) in [5.74, 6) is -0.560. The van der Waals surface area contributed by atoms with E-state index in [1.807, 2.05) is 0 Å². The molecule has 0 amide bonds. The Hall–Kier alpha value is -1.56. The van der Waals surface area contributed by atoms with Gasteiger partial charge in [0.1, 0.15) is 0 Å². The molecule has 1 rings (SSSR count). The van der Waals surface area contributed by atoms with Crippen molar-refractivity contribution in [3.05, 3.63) is 35.4 Å². The van der Waals surface area contributed by atoms with Crippen LogP contribution in [0.3, 0.4) is 0 Å². The minimum atomic E-state index is -4.42. The zero-order valence-electron chi connectivity index (χ0n) is 9.12. The molecule has 2 N–H and O–H groups in total. The number of carbonyl (C=O) groups is 1. The summed E-state index contributed by atoms with van der Waals surface area (Å²) in [5, 5.41) is 0. The van der Waals surface area contributed by atoms with Crippen LogP contribution < -0.4 is 5.73 Å². The van der Waals surface area contributed by atoms with Gasteiger partial charge in [0.15, 0.2) is 0 Å². The van der Waals surface area contributed by atoms with Crippen LogP contribution in [-0.2, 0) is 15.7 Å². The Kier molecular flexibility index (Phi) is 4.11. The summed E-state index contributed by atoms with van der Waals surface area (Å²) in [4.78, 5) is 11.0. The first kappa shape index (κ1) is 13.5. The van der Waals surface area contributed by atoms with Crippen LogP contribution in [0.2, 0.25) is 0 Å². The van der Waals surface area contributed by atoms with Crippen LogP contribution >= 0.6 is 0 Å². The fourth-order valence-electron chi connectivity index (χ4n) is 1.33. The summed E-state index contributed by atoms with van der Waals surface area (Å²) in [7, 11) is 1.20. The standard InChI is InChI=1S/C11H12F3NO2/c1-17-10(16)6-9(15)7-3-2-4-8(5-7)11(12,13)14/h2-5,9H,6,15H2,1H3/t9-/m0/s1. The molecule has 0 fully saturated rings. The molecule has 0 unspecified atom stereocenters. The highest BCUT2D eigenvalue weighted by molar-refractivity contribution is 5.70. The first-order valence-electron chi connectivity index (χ1n) is 4.84. The average Bonchev–Trinajstić information content (AvgIpc) is 2.28. The molecule has 0 spiro atoms. The SMILES string of the molecule is COC(=O)C[C@H](N)c1cccc(C(F)(F)F)c1. The molecule has 1 aromatic carbocycles. The van der Waals surface area contributed by atoms with Crippen molar-refractivity contribution in [1.29, 1.82) is 0 Å². The van der Waals surface area contributed by atoms with E-state index in [1.54, 1.807) is 0 Å². The molecule has 0 heterocycles. The van der Waals surface area contributed by atoms with E-state index in [0.29, 0.717) is 0 Å². The van der Waals surface area contributed by atoms with Crippen LogP contribution in [0.4, 0.5) is 13.2 Å². The van der Waals surface area contributed by atoms with Gasteiger partial charge in [-0.25, -0.2) is 0 Å². The lowest BCUT2D eigenvalue weighted by atomic mass is 10.0. The lowest BCUT2D eigenvalue weighted by Crippen LogP contribution is -2.17. The molecular weight excluding hydrogens is 235 g/mol. The van der Waals surface area contributed by atoms with Gasteiger partial charge in [-0.05, 0) is 17.7 Å². The van der Waals surface area contributed by atoms with Gasteiger partial charge in [0.25, 0.3) is 0 Å². The summed E-state index contributed by atoms with van der Waals surface area (Å²) >= 11 is 0. The predicted octanol–water partition coefficient (Wildman–Crippen LogP) is 2.27. The summed E-state index contributed by atoms with van der Waals surface area (Å²) in [6.45, 7) is 0. The van der Waals surface area contributed by atoms with Crippen molar-refractivity contribution in [2.24, 2.45) is 5.73 Å². The lowest BCUT2D eigenvalue weighted by molar-refractivity contribution is -0.141.